The molecule has 2 atom stereocenters. The lowest BCUT2D eigenvalue weighted by atomic mass is 10.2. The minimum absolute atomic E-state index is 0.251. The molecule has 1 fully saturated rings. The van der Waals surface area contributed by atoms with Crippen molar-refractivity contribution < 1.29 is 9.90 Å². The van der Waals surface area contributed by atoms with Crippen LogP contribution < -0.4 is 5.32 Å². The molecule has 1 aliphatic heterocycles. The van der Waals surface area contributed by atoms with E-state index in [4.69, 9.17) is 5.11 Å². The zero-order valence-electron chi connectivity index (χ0n) is 7.06. The molecule has 2 N–H and O–H groups in total. The highest BCUT2D eigenvalue weighted by Crippen LogP contribution is 2.29. The van der Waals surface area contributed by atoms with E-state index in [1.807, 2.05) is 17.5 Å². The van der Waals surface area contributed by atoms with Crippen molar-refractivity contribution in [2.24, 2.45) is 0 Å². The first-order chi connectivity index (χ1) is 6.27. The van der Waals surface area contributed by atoms with E-state index in [2.05, 4.69) is 5.32 Å². The number of hydrogen-bond acceptors (Lipinski definition) is 3. The van der Waals surface area contributed by atoms with E-state index in [9.17, 15) is 4.79 Å². The van der Waals surface area contributed by atoms with Gasteiger partial charge in [0, 0.05) is 10.9 Å². The van der Waals surface area contributed by atoms with Crippen molar-refractivity contribution in [2.75, 3.05) is 0 Å². The van der Waals surface area contributed by atoms with Gasteiger partial charge in [0.1, 0.15) is 6.04 Å². The van der Waals surface area contributed by atoms with Crippen LogP contribution in [0, 0.1) is 0 Å². The molecule has 70 valence electrons. The van der Waals surface area contributed by atoms with Gasteiger partial charge in [0.05, 0.1) is 0 Å². The molecule has 4 heteroatoms. The molecule has 2 heterocycles. The Morgan fingerprint density at radius 2 is 2.46 bits per heavy atom. The Kier molecular flexibility index (Phi) is 2.33. The lowest BCUT2D eigenvalue weighted by molar-refractivity contribution is -0.139. The fraction of sp³-hybridized carbons (Fsp3) is 0.444. The number of carbonyl (C=O) groups is 1. The van der Waals surface area contributed by atoms with Gasteiger partial charge in [-0.3, -0.25) is 10.1 Å². The lowest BCUT2D eigenvalue weighted by Crippen LogP contribution is -2.31. The van der Waals surface area contributed by atoms with Gasteiger partial charge in [-0.1, -0.05) is 6.07 Å². The summed E-state index contributed by atoms with van der Waals surface area (Å²) in [5.74, 6) is -0.737. The van der Waals surface area contributed by atoms with E-state index in [1.54, 1.807) is 11.3 Å². The minimum Gasteiger partial charge on any atom is -0.480 e. The molecule has 1 aromatic heterocycles. The highest BCUT2D eigenvalue weighted by atomic mass is 32.1. The SMILES string of the molecule is O=C(O)[C@H]1CC[C@@H](c2cccs2)N1. The number of nitrogens with one attached hydrogen (secondary N) is 1. The van der Waals surface area contributed by atoms with Crippen LogP contribution in [0.5, 0.6) is 0 Å². The standard InChI is InChI=1S/C9H11NO2S/c11-9(12)7-4-3-6(10-7)8-2-1-5-13-8/h1-2,5-7,10H,3-4H2,(H,11,12)/t6-,7+/m0/s1. The molecule has 1 aromatic rings. The van der Waals surface area contributed by atoms with E-state index in [1.165, 1.54) is 4.88 Å². The summed E-state index contributed by atoms with van der Waals surface area (Å²) < 4.78 is 0. The van der Waals surface area contributed by atoms with Crippen LogP contribution in [0.25, 0.3) is 0 Å². The molecule has 13 heavy (non-hydrogen) atoms. The summed E-state index contributed by atoms with van der Waals surface area (Å²) in [4.78, 5) is 11.9. The summed E-state index contributed by atoms with van der Waals surface area (Å²) in [7, 11) is 0. The molecule has 0 spiro atoms. The summed E-state index contributed by atoms with van der Waals surface area (Å²) in [6.45, 7) is 0. The minimum atomic E-state index is -0.737. The normalized spacial score (nSPS) is 27.7. The summed E-state index contributed by atoms with van der Waals surface area (Å²) in [6.07, 6.45) is 1.66. The highest BCUT2D eigenvalue weighted by molar-refractivity contribution is 7.10. The van der Waals surface area contributed by atoms with Crippen LogP contribution in [0.3, 0.4) is 0 Å². The molecular formula is C9H11NO2S. The van der Waals surface area contributed by atoms with Gasteiger partial charge >= 0.3 is 5.97 Å². The number of hydrogen-bond donors (Lipinski definition) is 2. The van der Waals surface area contributed by atoms with E-state index in [-0.39, 0.29) is 12.1 Å². The third-order valence-electron chi connectivity index (χ3n) is 2.33. The molecule has 0 aliphatic carbocycles. The number of thiophene rings is 1. The second-order valence-electron chi connectivity index (χ2n) is 3.20. The predicted molar refractivity (Wildman–Crippen MR) is 50.9 cm³/mol. The second kappa shape index (κ2) is 3.47. The summed E-state index contributed by atoms with van der Waals surface area (Å²) in [5.41, 5.74) is 0. The van der Waals surface area contributed by atoms with Gasteiger partial charge in [-0.25, -0.2) is 0 Å². The fourth-order valence-corrected chi connectivity index (χ4v) is 2.47. The van der Waals surface area contributed by atoms with Crippen molar-refractivity contribution in [1.82, 2.24) is 5.32 Å². The van der Waals surface area contributed by atoms with Crippen LogP contribution in [-0.4, -0.2) is 17.1 Å². The molecule has 0 saturated carbocycles. The largest absolute Gasteiger partial charge is 0.480 e. The van der Waals surface area contributed by atoms with Crippen LogP contribution in [0.4, 0.5) is 0 Å². The Balaban J connectivity index is 2.03. The molecule has 0 aromatic carbocycles. The first kappa shape index (κ1) is 8.72. The summed E-state index contributed by atoms with van der Waals surface area (Å²) in [5, 5.41) is 13.9. The van der Waals surface area contributed by atoms with Crippen LogP contribution >= 0.6 is 11.3 Å². The van der Waals surface area contributed by atoms with Crippen molar-refractivity contribution >= 4 is 17.3 Å². The maximum atomic E-state index is 10.7. The van der Waals surface area contributed by atoms with Gasteiger partial charge < -0.3 is 5.11 Å². The van der Waals surface area contributed by atoms with Crippen molar-refractivity contribution in [3.63, 3.8) is 0 Å². The number of rotatable bonds is 2. The van der Waals surface area contributed by atoms with Gasteiger partial charge in [-0.15, -0.1) is 11.3 Å². The van der Waals surface area contributed by atoms with Gasteiger partial charge in [0.15, 0.2) is 0 Å². The van der Waals surface area contributed by atoms with E-state index in [0.29, 0.717) is 0 Å². The third kappa shape index (κ3) is 1.73. The Bertz CT molecular complexity index is 297. The first-order valence-electron chi connectivity index (χ1n) is 4.29. The Labute approximate surface area is 80.4 Å². The van der Waals surface area contributed by atoms with Crippen LogP contribution in [0.15, 0.2) is 17.5 Å². The molecule has 3 nitrogen and oxygen atoms in total. The van der Waals surface area contributed by atoms with Gasteiger partial charge in [-0.2, -0.15) is 0 Å². The van der Waals surface area contributed by atoms with Crippen LogP contribution in [0.2, 0.25) is 0 Å². The van der Waals surface area contributed by atoms with Gasteiger partial charge in [0.2, 0.25) is 0 Å². The molecule has 0 bridgehead atoms. The Morgan fingerprint density at radius 3 is 3.00 bits per heavy atom. The third-order valence-corrected chi connectivity index (χ3v) is 3.32. The summed E-state index contributed by atoms with van der Waals surface area (Å²) in [6, 6.07) is 3.94. The van der Waals surface area contributed by atoms with Crippen molar-refractivity contribution in [2.45, 2.75) is 24.9 Å². The highest BCUT2D eigenvalue weighted by Gasteiger charge is 2.29. The Morgan fingerprint density at radius 1 is 1.62 bits per heavy atom. The van der Waals surface area contributed by atoms with Crippen LogP contribution in [0.1, 0.15) is 23.8 Å². The van der Waals surface area contributed by atoms with Crippen molar-refractivity contribution in [3.05, 3.63) is 22.4 Å². The maximum absolute atomic E-state index is 10.7. The van der Waals surface area contributed by atoms with Crippen LogP contribution in [-0.2, 0) is 4.79 Å². The first-order valence-corrected chi connectivity index (χ1v) is 5.17. The predicted octanol–water partition coefficient (Wildman–Crippen LogP) is 1.63. The van der Waals surface area contributed by atoms with Gasteiger partial charge in [-0.05, 0) is 24.3 Å². The molecule has 1 aliphatic rings. The van der Waals surface area contributed by atoms with Gasteiger partial charge in [0.25, 0.3) is 0 Å². The quantitative estimate of drug-likeness (QED) is 0.757. The Hall–Kier alpha value is -0.870. The monoisotopic (exact) mass is 197 g/mol. The molecule has 2 rings (SSSR count). The molecule has 0 amide bonds. The average Bonchev–Trinajstić information content (AvgIpc) is 2.75. The lowest BCUT2D eigenvalue weighted by Gasteiger charge is -2.08. The average molecular weight is 197 g/mol. The van der Waals surface area contributed by atoms with E-state index in [0.717, 1.165) is 12.8 Å². The summed E-state index contributed by atoms with van der Waals surface area (Å²) >= 11 is 1.68. The molecule has 0 unspecified atom stereocenters. The maximum Gasteiger partial charge on any atom is 0.320 e. The smallest absolute Gasteiger partial charge is 0.320 e. The topological polar surface area (TPSA) is 49.3 Å². The second-order valence-corrected chi connectivity index (χ2v) is 4.18. The van der Waals surface area contributed by atoms with E-state index < -0.39 is 5.97 Å². The number of aliphatic carboxylic acids is 1. The fourth-order valence-electron chi connectivity index (χ4n) is 1.65. The zero-order chi connectivity index (χ0) is 9.26. The zero-order valence-corrected chi connectivity index (χ0v) is 7.88. The molecular weight excluding hydrogens is 186 g/mol. The molecule has 0 radical (unpaired) electrons. The number of carboxylic acid groups (broad SMARTS) is 1. The van der Waals surface area contributed by atoms with E-state index >= 15 is 0 Å². The molecule has 1 saturated heterocycles. The number of carboxylic acids is 1. The van der Waals surface area contributed by atoms with Crippen molar-refractivity contribution in [1.29, 1.82) is 0 Å². The van der Waals surface area contributed by atoms with Crippen molar-refractivity contribution in [3.8, 4) is 0 Å².